The lowest BCUT2D eigenvalue weighted by Gasteiger charge is -2.19. The summed E-state index contributed by atoms with van der Waals surface area (Å²) in [5.74, 6) is 6.29. The van der Waals surface area contributed by atoms with E-state index in [-0.39, 0.29) is 6.04 Å². The number of rotatable bonds is 3. The van der Waals surface area contributed by atoms with Gasteiger partial charge < -0.3 is 4.74 Å². The smallest absolute Gasteiger partial charge is 0.0604 e. The number of thiophene rings is 1. The number of hydrazine groups is 1. The van der Waals surface area contributed by atoms with Crippen LogP contribution < -0.4 is 11.3 Å². The van der Waals surface area contributed by atoms with Gasteiger partial charge in [-0.25, -0.2) is 0 Å². The number of nitrogens with two attached hydrogens (primary N) is 1. The molecule has 94 valence electrons. The lowest BCUT2D eigenvalue weighted by molar-refractivity contribution is 0.177. The summed E-state index contributed by atoms with van der Waals surface area (Å²) >= 11 is 1.96. The fourth-order valence-electron chi connectivity index (χ4n) is 2.93. The zero-order valence-electron chi connectivity index (χ0n) is 10.1. The molecule has 0 saturated carbocycles. The van der Waals surface area contributed by atoms with Crippen molar-refractivity contribution in [3.8, 4) is 0 Å². The van der Waals surface area contributed by atoms with Crippen LogP contribution in [0.25, 0.3) is 0 Å². The van der Waals surface area contributed by atoms with E-state index in [2.05, 4.69) is 11.5 Å². The molecule has 1 saturated heterocycles. The van der Waals surface area contributed by atoms with Crippen LogP contribution in [-0.4, -0.2) is 13.2 Å². The monoisotopic (exact) mass is 252 g/mol. The van der Waals surface area contributed by atoms with Crippen molar-refractivity contribution in [2.45, 2.75) is 38.1 Å². The molecule has 0 amide bonds. The van der Waals surface area contributed by atoms with Crippen molar-refractivity contribution in [2.24, 2.45) is 11.8 Å². The molecule has 3 N–H and O–H groups in total. The standard InChI is InChI=1S/C13H20N2OS/c14-15-13(10-5-6-16-8-10)12-7-9-3-1-2-4-11(9)17-12/h7,10,13,15H,1-6,8,14H2. The molecule has 3 nitrogen and oxygen atoms in total. The van der Waals surface area contributed by atoms with E-state index in [0.717, 1.165) is 19.6 Å². The SMILES string of the molecule is NNC(c1cc2c(s1)CCCC2)C1CCOC1. The van der Waals surface area contributed by atoms with E-state index in [1.54, 1.807) is 10.4 Å². The summed E-state index contributed by atoms with van der Waals surface area (Å²) in [6.07, 6.45) is 6.33. The zero-order chi connectivity index (χ0) is 11.7. The first-order valence-corrected chi connectivity index (χ1v) is 7.35. The highest BCUT2D eigenvalue weighted by atomic mass is 32.1. The fourth-order valence-corrected chi connectivity index (χ4v) is 4.34. The molecule has 2 atom stereocenters. The predicted octanol–water partition coefficient (Wildman–Crippen LogP) is 2.17. The van der Waals surface area contributed by atoms with E-state index in [1.165, 1.54) is 30.6 Å². The maximum Gasteiger partial charge on any atom is 0.0604 e. The van der Waals surface area contributed by atoms with Crippen LogP contribution in [0.2, 0.25) is 0 Å². The van der Waals surface area contributed by atoms with Crippen LogP contribution in [0.3, 0.4) is 0 Å². The Morgan fingerprint density at radius 3 is 3.00 bits per heavy atom. The zero-order valence-corrected chi connectivity index (χ0v) is 10.9. The van der Waals surface area contributed by atoms with Gasteiger partial charge in [0.15, 0.2) is 0 Å². The highest BCUT2D eigenvalue weighted by Crippen LogP contribution is 2.37. The Labute approximate surface area is 106 Å². The Bertz CT molecular complexity index is 361. The lowest BCUT2D eigenvalue weighted by atomic mass is 9.95. The normalized spacial score (nSPS) is 25.8. The number of hydrogen-bond donors (Lipinski definition) is 2. The van der Waals surface area contributed by atoms with Gasteiger partial charge in [-0.05, 0) is 43.7 Å². The van der Waals surface area contributed by atoms with E-state index in [9.17, 15) is 0 Å². The molecule has 2 aliphatic rings. The highest BCUT2D eigenvalue weighted by Gasteiger charge is 2.28. The van der Waals surface area contributed by atoms with Crippen molar-refractivity contribution >= 4 is 11.3 Å². The quantitative estimate of drug-likeness (QED) is 0.640. The van der Waals surface area contributed by atoms with Gasteiger partial charge in [0.25, 0.3) is 0 Å². The lowest BCUT2D eigenvalue weighted by Crippen LogP contribution is -2.33. The molecule has 2 heterocycles. The molecule has 3 rings (SSSR count). The maximum absolute atomic E-state index is 5.74. The number of nitrogens with one attached hydrogen (secondary N) is 1. The van der Waals surface area contributed by atoms with E-state index in [0.29, 0.717) is 5.92 Å². The van der Waals surface area contributed by atoms with Gasteiger partial charge in [0.05, 0.1) is 12.6 Å². The molecule has 0 aromatic carbocycles. The summed E-state index contributed by atoms with van der Waals surface area (Å²) < 4.78 is 5.47. The Balaban J connectivity index is 1.83. The molecule has 0 bridgehead atoms. The number of ether oxygens (including phenoxy) is 1. The molecular weight excluding hydrogens is 232 g/mol. The number of hydrogen-bond acceptors (Lipinski definition) is 4. The maximum atomic E-state index is 5.74. The van der Waals surface area contributed by atoms with Gasteiger partial charge in [-0.3, -0.25) is 11.3 Å². The average molecular weight is 252 g/mol. The van der Waals surface area contributed by atoms with Gasteiger partial charge in [0.1, 0.15) is 0 Å². The van der Waals surface area contributed by atoms with Crippen LogP contribution in [0.1, 0.15) is 40.6 Å². The minimum absolute atomic E-state index is 0.285. The third kappa shape index (κ3) is 2.27. The van der Waals surface area contributed by atoms with Crippen LogP contribution >= 0.6 is 11.3 Å². The molecule has 1 aliphatic heterocycles. The van der Waals surface area contributed by atoms with Crippen molar-refractivity contribution in [1.29, 1.82) is 0 Å². The second kappa shape index (κ2) is 5.06. The average Bonchev–Trinajstić information content (AvgIpc) is 2.98. The van der Waals surface area contributed by atoms with Crippen LogP contribution in [-0.2, 0) is 17.6 Å². The van der Waals surface area contributed by atoms with Gasteiger partial charge in [-0.15, -0.1) is 11.3 Å². The van der Waals surface area contributed by atoms with Gasteiger partial charge >= 0.3 is 0 Å². The van der Waals surface area contributed by atoms with Crippen LogP contribution in [0.5, 0.6) is 0 Å². The molecule has 2 unspecified atom stereocenters. The number of aryl methyl sites for hydroxylation is 2. The van der Waals surface area contributed by atoms with E-state index < -0.39 is 0 Å². The largest absolute Gasteiger partial charge is 0.381 e. The van der Waals surface area contributed by atoms with Crippen molar-refractivity contribution in [3.63, 3.8) is 0 Å². The van der Waals surface area contributed by atoms with Crippen molar-refractivity contribution in [2.75, 3.05) is 13.2 Å². The van der Waals surface area contributed by atoms with Gasteiger partial charge in [-0.1, -0.05) is 0 Å². The first-order valence-electron chi connectivity index (χ1n) is 6.54. The summed E-state index contributed by atoms with van der Waals surface area (Å²) in [4.78, 5) is 3.00. The van der Waals surface area contributed by atoms with Crippen LogP contribution in [0.4, 0.5) is 0 Å². The third-order valence-electron chi connectivity index (χ3n) is 3.94. The second-order valence-corrected chi connectivity index (χ2v) is 6.24. The molecular formula is C13H20N2OS. The molecule has 0 radical (unpaired) electrons. The van der Waals surface area contributed by atoms with Crippen molar-refractivity contribution < 1.29 is 4.74 Å². The fraction of sp³-hybridized carbons (Fsp3) is 0.692. The summed E-state index contributed by atoms with van der Waals surface area (Å²) in [5, 5.41) is 0. The van der Waals surface area contributed by atoms with E-state index in [4.69, 9.17) is 10.6 Å². The molecule has 17 heavy (non-hydrogen) atoms. The summed E-state index contributed by atoms with van der Waals surface area (Å²) in [7, 11) is 0. The molecule has 1 aromatic heterocycles. The van der Waals surface area contributed by atoms with Gasteiger partial charge in [-0.2, -0.15) is 0 Å². The molecule has 1 aliphatic carbocycles. The number of fused-ring (bicyclic) bond motifs is 1. The summed E-state index contributed by atoms with van der Waals surface area (Å²) in [5.41, 5.74) is 4.57. The van der Waals surface area contributed by atoms with Crippen molar-refractivity contribution in [1.82, 2.24) is 5.43 Å². The molecule has 0 spiro atoms. The molecule has 4 heteroatoms. The van der Waals surface area contributed by atoms with Crippen LogP contribution in [0.15, 0.2) is 6.07 Å². The third-order valence-corrected chi connectivity index (χ3v) is 5.26. The van der Waals surface area contributed by atoms with Gasteiger partial charge in [0, 0.05) is 22.3 Å². The first-order chi connectivity index (χ1) is 8.38. The Morgan fingerprint density at radius 1 is 1.41 bits per heavy atom. The Morgan fingerprint density at radius 2 is 2.29 bits per heavy atom. The minimum atomic E-state index is 0.285. The molecule has 1 aromatic rings. The first kappa shape index (κ1) is 11.7. The van der Waals surface area contributed by atoms with Crippen molar-refractivity contribution in [3.05, 3.63) is 21.4 Å². The van der Waals surface area contributed by atoms with E-state index >= 15 is 0 Å². The summed E-state index contributed by atoms with van der Waals surface area (Å²) in [6.45, 7) is 1.73. The van der Waals surface area contributed by atoms with Gasteiger partial charge in [0.2, 0.25) is 0 Å². The summed E-state index contributed by atoms with van der Waals surface area (Å²) in [6, 6.07) is 2.66. The Kier molecular flexibility index (Phi) is 3.47. The highest BCUT2D eigenvalue weighted by molar-refractivity contribution is 7.12. The van der Waals surface area contributed by atoms with Crippen LogP contribution in [0, 0.1) is 5.92 Å². The topological polar surface area (TPSA) is 47.3 Å². The minimum Gasteiger partial charge on any atom is -0.381 e. The predicted molar refractivity (Wildman–Crippen MR) is 70.0 cm³/mol. The van der Waals surface area contributed by atoms with E-state index in [1.807, 2.05) is 11.3 Å². The molecule has 1 fully saturated rings. The Hall–Kier alpha value is -0.420. The second-order valence-electron chi connectivity index (χ2n) is 5.07.